The molecule has 0 saturated carbocycles. The van der Waals surface area contributed by atoms with Crippen LogP contribution < -0.4 is 10.6 Å². The summed E-state index contributed by atoms with van der Waals surface area (Å²) in [5.41, 5.74) is 2.89. The molecule has 0 unspecified atom stereocenters. The summed E-state index contributed by atoms with van der Waals surface area (Å²) in [6, 6.07) is 18.9. The van der Waals surface area contributed by atoms with Crippen molar-refractivity contribution in [3.8, 4) is 0 Å². The van der Waals surface area contributed by atoms with Gasteiger partial charge >= 0.3 is 0 Å². The Morgan fingerprint density at radius 2 is 1.85 bits per heavy atom. The molecule has 0 bridgehead atoms. The van der Waals surface area contributed by atoms with Crippen LogP contribution in [0, 0.1) is 5.82 Å². The average Bonchev–Trinajstić information content (AvgIpc) is 3.22. The van der Waals surface area contributed by atoms with Gasteiger partial charge in [-0.25, -0.2) is 4.39 Å². The highest BCUT2D eigenvalue weighted by atomic mass is 32.1. The zero-order valence-corrected chi connectivity index (χ0v) is 16.1. The number of nitrogens with one attached hydrogen (secondary N) is 2. The van der Waals surface area contributed by atoms with Crippen LogP contribution in [0.5, 0.6) is 0 Å². The molecule has 1 aromatic heterocycles. The molecule has 1 amide bonds. The lowest BCUT2D eigenvalue weighted by atomic mass is 10.0. The molecule has 1 atom stereocenters. The number of rotatable bonds is 8. The summed E-state index contributed by atoms with van der Waals surface area (Å²) in [4.78, 5) is 13.4. The highest BCUT2D eigenvalue weighted by Gasteiger charge is 2.16. The van der Waals surface area contributed by atoms with Crippen molar-refractivity contribution in [1.82, 2.24) is 10.6 Å². The lowest BCUT2D eigenvalue weighted by Gasteiger charge is -2.18. The standard InChI is InChI=1S/C22H23FN2OS/c1-2-16-9-11-17(12-10-16)22(20-8-5-13-27-20)25-15-21(26)24-14-18-6-3-4-7-19(18)23/h3-13,22,25H,2,14-15H2,1H3,(H,24,26)/t22-/m1/s1. The second-order valence-corrected chi connectivity index (χ2v) is 7.27. The van der Waals surface area contributed by atoms with Crippen molar-refractivity contribution in [2.75, 3.05) is 6.54 Å². The van der Waals surface area contributed by atoms with E-state index in [2.05, 4.69) is 47.9 Å². The number of aryl methyl sites for hydroxylation is 1. The van der Waals surface area contributed by atoms with Crippen molar-refractivity contribution in [2.45, 2.75) is 25.9 Å². The van der Waals surface area contributed by atoms with Gasteiger partial charge in [0, 0.05) is 17.0 Å². The lowest BCUT2D eigenvalue weighted by molar-refractivity contribution is -0.120. The predicted molar refractivity (Wildman–Crippen MR) is 108 cm³/mol. The Labute approximate surface area is 163 Å². The zero-order valence-electron chi connectivity index (χ0n) is 15.2. The Kier molecular flexibility index (Phi) is 6.74. The predicted octanol–water partition coefficient (Wildman–Crippen LogP) is 4.45. The van der Waals surface area contributed by atoms with Gasteiger partial charge < -0.3 is 5.32 Å². The second-order valence-electron chi connectivity index (χ2n) is 6.29. The zero-order chi connectivity index (χ0) is 19.1. The third-order valence-electron chi connectivity index (χ3n) is 4.45. The van der Waals surface area contributed by atoms with E-state index < -0.39 is 0 Å². The van der Waals surface area contributed by atoms with Crippen LogP contribution in [0.1, 0.15) is 34.5 Å². The van der Waals surface area contributed by atoms with Gasteiger partial charge in [0.2, 0.25) is 5.91 Å². The summed E-state index contributed by atoms with van der Waals surface area (Å²) in [5, 5.41) is 8.13. The Balaban J connectivity index is 1.62. The molecule has 0 fully saturated rings. The van der Waals surface area contributed by atoms with E-state index in [4.69, 9.17) is 0 Å². The Bertz CT molecular complexity index is 862. The van der Waals surface area contributed by atoms with E-state index in [1.165, 1.54) is 11.6 Å². The molecule has 5 heteroatoms. The van der Waals surface area contributed by atoms with Crippen molar-refractivity contribution in [1.29, 1.82) is 0 Å². The maximum absolute atomic E-state index is 13.7. The molecule has 0 aliphatic carbocycles. The van der Waals surface area contributed by atoms with Gasteiger partial charge in [-0.2, -0.15) is 0 Å². The highest BCUT2D eigenvalue weighted by Crippen LogP contribution is 2.26. The fraction of sp³-hybridized carbons (Fsp3) is 0.227. The first-order chi connectivity index (χ1) is 13.2. The maximum atomic E-state index is 13.7. The number of thiophene rings is 1. The molecule has 0 spiro atoms. The van der Waals surface area contributed by atoms with Gasteiger partial charge in [0.25, 0.3) is 0 Å². The van der Waals surface area contributed by atoms with E-state index in [1.807, 2.05) is 11.4 Å². The third kappa shape index (κ3) is 5.25. The van der Waals surface area contributed by atoms with Crippen LogP contribution in [0.25, 0.3) is 0 Å². The van der Waals surface area contributed by atoms with E-state index in [0.717, 1.165) is 16.9 Å². The number of hydrogen-bond acceptors (Lipinski definition) is 3. The molecule has 2 aromatic carbocycles. The summed E-state index contributed by atoms with van der Waals surface area (Å²) in [7, 11) is 0. The van der Waals surface area contributed by atoms with Crippen LogP contribution >= 0.6 is 11.3 Å². The van der Waals surface area contributed by atoms with Crippen LogP contribution in [0.2, 0.25) is 0 Å². The Morgan fingerprint density at radius 1 is 1.07 bits per heavy atom. The van der Waals surface area contributed by atoms with Gasteiger partial charge in [-0.3, -0.25) is 10.1 Å². The summed E-state index contributed by atoms with van der Waals surface area (Å²) in [6.07, 6.45) is 0.996. The largest absolute Gasteiger partial charge is 0.351 e. The summed E-state index contributed by atoms with van der Waals surface area (Å²) < 4.78 is 13.7. The summed E-state index contributed by atoms with van der Waals surface area (Å²) >= 11 is 1.66. The molecule has 0 aliphatic rings. The molecule has 27 heavy (non-hydrogen) atoms. The minimum absolute atomic E-state index is 0.0462. The molecule has 0 saturated heterocycles. The van der Waals surface area contributed by atoms with Crippen molar-refractivity contribution in [3.05, 3.63) is 93.4 Å². The van der Waals surface area contributed by atoms with Crippen LogP contribution in [0.3, 0.4) is 0 Å². The molecule has 140 valence electrons. The Morgan fingerprint density at radius 3 is 2.52 bits per heavy atom. The first-order valence-electron chi connectivity index (χ1n) is 9.03. The van der Waals surface area contributed by atoms with Crippen molar-refractivity contribution >= 4 is 17.2 Å². The van der Waals surface area contributed by atoms with Crippen molar-refractivity contribution in [2.24, 2.45) is 0 Å². The molecule has 2 N–H and O–H groups in total. The van der Waals surface area contributed by atoms with Crippen LogP contribution in [-0.4, -0.2) is 12.5 Å². The molecule has 1 heterocycles. The van der Waals surface area contributed by atoms with Gasteiger partial charge in [-0.15, -0.1) is 11.3 Å². The fourth-order valence-electron chi connectivity index (χ4n) is 2.88. The SMILES string of the molecule is CCc1ccc([C@@H](NCC(=O)NCc2ccccc2F)c2cccs2)cc1. The highest BCUT2D eigenvalue weighted by molar-refractivity contribution is 7.10. The van der Waals surface area contributed by atoms with E-state index in [9.17, 15) is 9.18 Å². The molecule has 3 aromatic rings. The van der Waals surface area contributed by atoms with Gasteiger partial charge in [0.1, 0.15) is 5.82 Å². The number of amides is 1. The first-order valence-corrected chi connectivity index (χ1v) is 9.91. The molecule has 3 nitrogen and oxygen atoms in total. The topological polar surface area (TPSA) is 41.1 Å². The summed E-state index contributed by atoms with van der Waals surface area (Å²) in [5.74, 6) is -0.469. The maximum Gasteiger partial charge on any atom is 0.234 e. The molecule has 3 rings (SSSR count). The van der Waals surface area contributed by atoms with Crippen molar-refractivity contribution in [3.63, 3.8) is 0 Å². The van der Waals surface area contributed by atoms with E-state index in [0.29, 0.717) is 5.56 Å². The Hall–Kier alpha value is -2.50. The first kappa shape index (κ1) is 19.3. The molecular formula is C22H23FN2OS. The fourth-order valence-corrected chi connectivity index (χ4v) is 3.70. The van der Waals surface area contributed by atoms with Crippen LogP contribution in [-0.2, 0) is 17.8 Å². The minimum Gasteiger partial charge on any atom is -0.351 e. The van der Waals surface area contributed by atoms with E-state index in [-0.39, 0.29) is 30.9 Å². The summed E-state index contributed by atoms with van der Waals surface area (Å²) in [6.45, 7) is 2.47. The number of benzene rings is 2. The van der Waals surface area contributed by atoms with Gasteiger partial charge in [-0.05, 0) is 35.1 Å². The van der Waals surface area contributed by atoms with Crippen LogP contribution in [0.15, 0.2) is 66.0 Å². The smallest absolute Gasteiger partial charge is 0.234 e. The number of halogens is 1. The lowest BCUT2D eigenvalue weighted by Crippen LogP contribution is -2.35. The average molecular weight is 383 g/mol. The van der Waals surface area contributed by atoms with Crippen molar-refractivity contribution < 1.29 is 9.18 Å². The van der Waals surface area contributed by atoms with E-state index in [1.54, 1.807) is 29.5 Å². The van der Waals surface area contributed by atoms with Gasteiger partial charge in [0.15, 0.2) is 0 Å². The normalized spacial score (nSPS) is 11.9. The minimum atomic E-state index is -0.307. The monoisotopic (exact) mass is 382 g/mol. The molecule has 0 aliphatic heterocycles. The number of hydrogen-bond donors (Lipinski definition) is 2. The third-order valence-corrected chi connectivity index (χ3v) is 5.39. The van der Waals surface area contributed by atoms with Gasteiger partial charge in [-0.1, -0.05) is 55.5 Å². The molecular weight excluding hydrogens is 359 g/mol. The number of carbonyl (C=O) groups is 1. The molecule has 0 radical (unpaired) electrons. The van der Waals surface area contributed by atoms with Gasteiger partial charge in [0.05, 0.1) is 12.6 Å². The number of carbonyl (C=O) groups excluding carboxylic acids is 1. The second kappa shape index (κ2) is 9.44. The quantitative estimate of drug-likeness (QED) is 0.605. The van der Waals surface area contributed by atoms with E-state index >= 15 is 0 Å². The van der Waals surface area contributed by atoms with Crippen LogP contribution in [0.4, 0.5) is 4.39 Å².